The van der Waals surface area contributed by atoms with Gasteiger partial charge < -0.3 is 20.9 Å². The molecule has 0 aromatic heterocycles. The van der Waals surface area contributed by atoms with Gasteiger partial charge in [0.05, 0.1) is 6.54 Å². The second kappa shape index (κ2) is 9.32. The van der Waals surface area contributed by atoms with E-state index < -0.39 is 6.03 Å². The molecule has 0 aliphatic carbocycles. The monoisotopic (exact) mass is 344 g/mol. The van der Waals surface area contributed by atoms with Crippen LogP contribution in [0.3, 0.4) is 0 Å². The van der Waals surface area contributed by atoms with Gasteiger partial charge in [-0.2, -0.15) is 0 Å². The first-order chi connectivity index (χ1) is 10.6. The van der Waals surface area contributed by atoms with Crippen molar-refractivity contribution >= 4 is 24.3 Å². The number of halogens is 2. The fourth-order valence-corrected chi connectivity index (χ4v) is 2.32. The molecule has 1 aromatic rings. The maximum absolute atomic E-state index is 12.8. The fraction of sp³-hybridized carbons (Fsp3) is 0.467. The molecule has 0 radical (unpaired) electrons. The predicted octanol–water partition coefficient (Wildman–Crippen LogP) is 0.867. The van der Waals surface area contributed by atoms with E-state index in [1.807, 2.05) is 6.92 Å². The van der Waals surface area contributed by atoms with Crippen LogP contribution in [0, 0.1) is 5.82 Å². The molecule has 3 amide bonds. The van der Waals surface area contributed by atoms with E-state index >= 15 is 0 Å². The Labute approximate surface area is 141 Å². The fourth-order valence-electron chi connectivity index (χ4n) is 2.32. The molecular formula is C15H22ClFN4O2. The summed E-state index contributed by atoms with van der Waals surface area (Å²) in [5.74, 6) is -0.408. The van der Waals surface area contributed by atoms with Gasteiger partial charge in [0.25, 0.3) is 0 Å². The van der Waals surface area contributed by atoms with E-state index in [1.54, 1.807) is 17.0 Å². The van der Waals surface area contributed by atoms with Crippen LogP contribution in [-0.2, 0) is 11.3 Å². The Morgan fingerprint density at radius 2 is 2.00 bits per heavy atom. The van der Waals surface area contributed by atoms with Crippen LogP contribution in [0.1, 0.15) is 12.5 Å². The lowest BCUT2D eigenvalue weighted by Gasteiger charge is -2.34. The topological polar surface area (TPSA) is 73.5 Å². The molecule has 0 unspecified atom stereocenters. The van der Waals surface area contributed by atoms with Gasteiger partial charge in [-0.3, -0.25) is 4.79 Å². The zero-order valence-corrected chi connectivity index (χ0v) is 13.8. The van der Waals surface area contributed by atoms with Crippen molar-refractivity contribution < 1.29 is 14.0 Å². The molecule has 1 saturated heterocycles. The molecular weight excluding hydrogens is 323 g/mol. The summed E-state index contributed by atoms with van der Waals surface area (Å²) >= 11 is 0. The third-order valence-electron chi connectivity index (χ3n) is 3.59. The number of benzene rings is 1. The zero-order chi connectivity index (χ0) is 15.9. The molecule has 1 atom stereocenters. The highest BCUT2D eigenvalue weighted by Gasteiger charge is 2.22. The van der Waals surface area contributed by atoms with Gasteiger partial charge in [0.15, 0.2) is 0 Å². The van der Waals surface area contributed by atoms with Crippen molar-refractivity contribution in [2.45, 2.75) is 19.5 Å². The number of carbonyl (C=O) groups excluding carboxylic acids is 2. The van der Waals surface area contributed by atoms with Crippen LogP contribution in [0.2, 0.25) is 0 Å². The third kappa shape index (κ3) is 6.03. The van der Waals surface area contributed by atoms with Gasteiger partial charge in [-0.25, -0.2) is 9.18 Å². The van der Waals surface area contributed by atoms with Crippen molar-refractivity contribution in [3.05, 3.63) is 35.6 Å². The number of nitrogens with one attached hydrogen (secondary N) is 3. The number of rotatable bonds is 4. The molecule has 1 aliphatic heterocycles. The van der Waals surface area contributed by atoms with E-state index in [2.05, 4.69) is 16.0 Å². The van der Waals surface area contributed by atoms with E-state index in [0.717, 1.165) is 18.7 Å². The van der Waals surface area contributed by atoms with Crippen molar-refractivity contribution in [3.8, 4) is 0 Å². The van der Waals surface area contributed by atoms with Gasteiger partial charge in [-0.1, -0.05) is 12.1 Å². The summed E-state index contributed by atoms with van der Waals surface area (Å²) in [6.45, 7) is 4.41. The first kappa shape index (κ1) is 19.2. The molecule has 0 bridgehead atoms. The molecule has 8 heteroatoms. The molecule has 23 heavy (non-hydrogen) atoms. The lowest BCUT2D eigenvalue weighted by molar-refractivity contribution is -0.132. The van der Waals surface area contributed by atoms with E-state index in [4.69, 9.17) is 0 Å². The van der Waals surface area contributed by atoms with Crippen LogP contribution in [-0.4, -0.2) is 49.1 Å². The van der Waals surface area contributed by atoms with Crippen molar-refractivity contribution in [1.29, 1.82) is 0 Å². The van der Waals surface area contributed by atoms with Crippen LogP contribution in [0.25, 0.3) is 0 Å². The quantitative estimate of drug-likeness (QED) is 0.758. The Balaban J connectivity index is 0.00000264. The summed E-state index contributed by atoms with van der Waals surface area (Å²) in [6.07, 6.45) is 0. The summed E-state index contributed by atoms with van der Waals surface area (Å²) in [5, 5.41) is 8.38. The number of hydrogen-bond donors (Lipinski definition) is 3. The minimum atomic E-state index is -0.416. The van der Waals surface area contributed by atoms with Gasteiger partial charge in [0, 0.05) is 32.2 Å². The van der Waals surface area contributed by atoms with E-state index in [0.29, 0.717) is 6.54 Å². The minimum absolute atomic E-state index is 0. The van der Waals surface area contributed by atoms with Crippen LogP contribution in [0.15, 0.2) is 24.3 Å². The summed E-state index contributed by atoms with van der Waals surface area (Å²) in [6, 6.07) is 5.59. The van der Waals surface area contributed by atoms with Gasteiger partial charge in [-0.15, -0.1) is 12.4 Å². The van der Waals surface area contributed by atoms with Crippen molar-refractivity contribution in [2.75, 3.05) is 26.2 Å². The summed E-state index contributed by atoms with van der Waals surface area (Å²) in [7, 11) is 0. The number of carbonyl (C=O) groups is 2. The Hall–Kier alpha value is -1.86. The number of urea groups is 1. The molecule has 6 nitrogen and oxygen atoms in total. The highest BCUT2D eigenvalue weighted by Crippen LogP contribution is 2.03. The third-order valence-corrected chi connectivity index (χ3v) is 3.59. The van der Waals surface area contributed by atoms with Crippen LogP contribution in [0.5, 0.6) is 0 Å². The maximum Gasteiger partial charge on any atom is 0.315 e. The second-order valence-corrected chi connectivity index (χ2v) is 5.30. The molecule has 1 aromatic carbocycles. The normalized spacial score (nSPS) is 17.1. The average Bonchev–Trinajstić information content (AvgIpc) is 2.52. The van der Waals surface area contributed by atoms with E-state index in [-0.39, 0.29) is 43.3 Å². The molecule has 2 rings (SSSR count). The standard InChI is InChI=1S/C15H21FN4O2.ClH/c1-11-8-17-6-7-20(11)14(21)10-19-15(22)18-9-12-2-4-13(16)5-3-12;/h2-5,11,17H,6-10H2,1H3,(H2,18,19,22);1H/t11-;/m1./s1. The summed E-state index contributed by atoms with van der Waals surface area (Å²) in [5.41, 5.74) is 0.790. The molecule has 0 spiro atoms. The smallest absolute Gasteiger partial charge is 0.315 e. The number of nitrogens with zero attached hydrogens (tertiary/aromatic N) is 1. The minimum Gasteiger partial charge on any atom is -0.336 e. The Bertz CT molecular complexity index is 527. The lowest BCUT2D eigenvalue weighted by Crippen LogP contribution is -2.55. The number of amides is 3. The highest BCUT2D eigenvalue weighted by molar-refractivity contribution is 5.85. The molecule has 1 fully saturated rings. The summed E-state index contributed by atoms with van der Waals surface area (Å²) in [4.78, 5) is 25.5. The molecule has 128 valence electrons. The van der Waals surface area contributed by atoms with Gasteiger partial charge >= 0.3 is 6.03 Å². The number of hydrogen-bond acceptors (Lipinski definition) is 3. The molecule has 3 N–H and O–H groups in total. The highest BCUT2D eigenvalue weighted by atomic mass is 35.5. The molecule has 0 saturated carbocycles. The van der Waals surface area contributed by atoms with E-state index in [1.165, 1.54) is 12.1 Å². The Kier molecular flexibility index (Phi) is 7.77. The summed E-state index contributed by atoms with van der Waals surface area (Å²) < 4.78 is 12.8. The number of piperazine rings is 1. The Morgan fingerprint density at radius 1 is 1.30 bits per heavy atom. The van der Waals surface area contributed by atoms with E-state index in [9.17, 15) is 14.0 Å². The van der Waals surface area contributed by atoms with Gasteiger partial charge in [0.2, 0.25) is 5.91 Å². The SMILES string of the molecule is C[C@@H]1CNCCN1C(=O)CNC(=O)NCc1ccc(F)cc1.Cl. The zero-order valence-electron chi connectivity index (χ0n) is 13.0. The first-order valence-corrected chi connectivity index (χ1v) is 7.32. The maximum atomic E-state index is 12.8. The predicted molar refractivity (Wildman–Crippen MR) is 87.9 cm³/mol. The van der Waals surface area contributed by atoms with Crippen molar-refractivity contribution in [2.24, 2.45) is 0 Å². The second-order valence-electron chi connectivity index (χ2n) is 5.30. The van der Waals surface area contributed by atoms with Gasteiger partial charge in [0.1, 0.15) is 5.82 Å². The largest absolute Gasteiger partial charge is 0.336 e. The van der Waals surface area contributed by atoms with Crippen LogP contribution in [0.4, 0.5) is 9.18 Å². The average molecular weight is 345 g/mol. The van der Waals surface area contributed by atoms with Crippen LogP contribution < -0.4 is 16.0 Å². The Morgan fingerprint density at radius 3 is 2.65 bits per heavy atom. The van der Waals surface area contributed by atoms with Gasteiger partial charge in [-0.05, 0) is 24.6 Å². The molecule has 1 heterocycles. The first-order valence-electron chi connectivity index (χ1n) is 7.32. The van der Waals surface area contributed by atoms with Crippen LogP contribution >= 0.6 is 12.4 Å². The molecule has 1 aliphatic rings. The lowest BCUT2D eigenvalue weighted by atomic mass is 10.2. The van der Waals surface area contributed by atoms with Crippen molar-refractivity contribution in [3.63, 3.8) is 0 Å². The van der Waals surface area contributed by atoms with Crippen molar-refractivity contribution in [1.82, 2.24) is 20.9 Å².